The molecular weight excluding hydrogens is 359 g/mol. The second-order valence-corrected chi connectivity index (χ2v) is 8.11. The Bertz CT molecular complexity index is 693. The van der Waals surface area contributed by atoms with E-state index < -0.39 is 0 Å². The van der Waals surface area contributed by atoms with Gasteiger partial charge in [0.1, 0.15) is 11.6 Å². The molecular formula is C20H22ClFO2S. The van der Waals surface area contributed by atoms with Gasteiger partial charge in [-0.15, -0.1) is 11.8 Å². The number of hydrogen-bond donors (Lipinski definition) is 0. The molecule has 2 atom stereocenters. The van der Waals surface area contributed by atoms with E-state index in [2.05, 4.69) is 0 Å². The Kier molecular flexibility index (Phi) is 6.63. The second-order valence-electron chi connectivity index (χ2n) is 6.36. The number of ether oxygens (including phenoxy) is 2. The summed E-state index contributed by atoms with van der Waals surface area (Å²) in [4.78, 5) is 0.966. The number of methoxy groups -OCH3 is 1. The van der Waals surface area contributed by atoms with Gasteiger partial charge in [-0.3, -0.25) is 0 Å². The van der Waals surface area contributed by atoms with Crippen LogP contribution in [-0.2, 0) is 11.3 Å². The smallest absolute Gasteiger partial charge is 0.124 e. The number of thioether (sulfide) groups is 1. The van der Waals surface area contributed by atoms with Crippen LogP contribution in [0, 0.1) is 11.7 Å². The zero-order chi connectivity index (χ0) is 17.6. The van der Waals surface area contributed by atoms with Gasteiger partial charge < -0.3 is 9.47 Å². The highest BCUT2D eigenvalue weighted by molar-refractivity contribution is 8.00. The van der Waals surface area contributed by atoms with E-state index in [9.17, 15) is 4.39 Å². The van der Waals surface area contributed by atoms with E-state index in [1.165, 1.54) is 18.6 Å². The monoisotopic (exact) mass is 380 g/mol. The summed E-state index contributed by atoms with van der Waals surface area (Å²) in [5.74, 6) is 1.15. The fourth-order valence-corrected chi connectivity index (χ4v) is 4.70. The molecule has 134 valence electrons. The topological polar surface area (TPSA) is 18.5 Å². The molecule has 0 amide bonds. The van der Waals surface area contributed by atoms with E-state index >= 15 is 0 Å². The van der Waals surface area contributed by atoms with E-state index in [-0.39, 0.29) is 5.82 Å². The van der Waals surface area contributed by atoms with Gasteiger partial charge in [-0.2, -0.15) is 0 Å². The summed E-state index contributed by atoms with van der Waals surface area (Å²) >= 11 is 7.88. The maximum Gasteiger partial charge on any atom is 0.124 e. The summed E-state index contributed by atoms with van der Waals surface area (Å²) in [7, 11) is 1.67. The van der Waals surface area contributed by atoms with Gasteiger partial charge in [0, 0.05) is 16.8 Å². The molecule has 0 aliphatic heterocycles. The second kappa shape index (κ2) is 8.93. The Morgan fingerprint density at radius 2 is 1.96 bits per heavy atom. The standard InChI is InChI=1S/C20H22ClFO2S/c1-23-17-6-2-14(3-7-17)12-24-13-15-4-8-18(10-15)25-20-9-5-16(22)11-19(20)21/h2-3,5-7,9,11,15,18H,4,8,10,12-13H2,1H3. The van der Waals surface area contributed by atoms with Gasteiger partial charge >= 0.3 is 0 Å². The van der Waals surface area contributed by atoms with Crippen molar-refractivity contribution in [2.45, 2.75) is 36.0 Å². The van der Waals surface area contributed by atoms with Gasteiger partial charge in [0.05, 0.1) is 18.7 Å². The Balaban J connectivity index is 1.41. The zero-order valence-corrected chi connectivity index (χ0v) is 15.8. The zero-order valence-electron chi connectivity index (χ0n) is 14.2. The minimum Gasteiger partial charge on any atom is -0.497 e. The van der Waals surface area contributed by atoms with Crippen molar-refractivity contribution in [3.63, 3.8) is 0 Å². The average Bonchev–Trinajstić information content (AvgIpc) is 3.05. The van der Waals surface area contributed by atoms with Gasteiger partial charge in [0.2, 0.25) is 0 Å². The fraction of sp³-hybridized carbons (Fsp3) is 0.400. The van der Waals surface area contributed by atoms with Gasteiger partial charge in [0.15, 0.2) is 0 Å². The van der Waals surface area contributed by atoms with Crippen LogP contribution in [0.5, 0.6) is 5.75 Å². The average molecular weight is 381 g/mol. The van der Waals surface area contributed by atoms with Crippen LogP contribution in [0.1, 0.15) is 24.8 Å². The van der Waals surface area contributed by atoms with Crippen molar-refractivity contribution in [2.24, 2.45) is 5.92 Å². The SMILES string of the molecule is COc1ccc(COCC2CCC(Sc3ccc(F)cc3Cl)C2)cc1. The summed E-state index contributed by atoms with van der Waals surface area (Å²) in [6, 6.07) is 12.6. The number of rotatable bonds is 7. The Morgan fingerprint density at radius 3 is 2.68 bits per heavy atom. The first-order valence-electron chi connectivity index (χ1n) is 8.46. The number of halogens is 2. The first-order valence-corrected chi connectivity index (χ1v) is 9.72. The molecule has 2 nitrogen and oxygen atoms in total. The molecule has 0 bridgehead atoms. The van der Waals surface area contributed by atoms with Crippen LogP contribution in [0.4, 0.5) is 4.39 Å². The molecule has 1 aliphatic rings. The molecule has 0 spiro atoms. The van der Waals surface area contributed by atoms with Crippen LogP contribution in [0.15, 0.2) is 47.4 Å². The van der Waals surface area contributed by atoms with Crippen LogP contribution in [0.2, 0.25) is 5.02 Å². The van der Waals surface area contributed by atoms with Gasteiger partial charge in [-0.05, 0) is 61.1 Å². The molecule has 0 N–H and O–H groups in total. The lowest BCUT2D eigenvalue weighted by Gasteiger charge is -2.13. The minimum absolute atomic E-state index is 0.286. The summed E-state index contributed by atoms with van der Waals surface area (Å²) in [5.41, 5.74) is 1.16. The lowest BCUT2D eigenvalue weighted by Crippen LogP contribution is -2.07. The quantitative estimate of drug-likeness (QED) is 0.590. The maximum absolute atomic E-state index is 13.1. The predicted molar refractivity (Wildman–Crippen MR) is 101 cm³/mol. The van der Waals surface area contributed by atoms with E-state index in [1.54, 1.807) is 24.9 Å². The van der Waals surface area contributed by atoms with Crippen molar-refractivity contribution in [2.75, 3.05) is 13.7 Å². The van der Waals surface area contributed by atoms with Gasteiger partial charge in [-0.1, -0.05) is 23.7 Å². The van der Waals surface area contributed by atoms with Crippen molar-refractivity contribution in [3.8, 4) is 5.75 Å². The molecule has 0 radical (unpaired) electrons. The summed E-state index contributed by atoms with van der Waals surface area (Å²) in [6.45, 7) is 1.41. The third-order valence-corrected chi connectivity index (χ3v) is 6.26. The van der Waals surface area contributed by atoms with Crippen molar-refractivity contribution in [1.29, 1.82) is 0 Å². The molecule has 1 fully saturated rings. The van der Waals surface area contributed by atoms with E-state index in [0.29, 0.717) is 22.8 Å². The first-order chi connectivity index (χ1) is 12.1. The Morgan fingerprint density at radius 1 is 1.16 bits per heavy atom. The summed E-state index contributed by atoms with van der Waals surface area (Å²) in [5, 5.41) is 1.03. The molecule has 1 saturated carbocycles. The lowest BCUT2D eigenvalue weighted by atomic mass is 10.1. The molecule has 3 rings (SSSR count). The third-order valence-electron chi connectivity index (χ3n) is 4.46. The van der Waals surface area contributed by atoms with Crippen LogP contribution >= 0.6 is 23.4 Å². The minimum atomic E-state index is -0.286. The Labute approximate surface area is 157 Å². The highest BCUT2D eigenvalue weighted by Crippen LogP contribution is 2.40. The highest BCUT2D eigenvalue weighted by Gasteiger charge is 2.26. The third kappa shape index (κ3) is 5.37. The highest BCUT2D eigenvalue weighted by atomic mass is 35.5. The first kappa shape index (κ1) is 18.6. The summed E-state index contributed by atoms with van der Waals surface area (Å²) < 4.78 is 24.2. The van der Waals surface area contributed by atoms with E-state index in [0.717, 1.165) is 35.7 Å². The van der Waals surface area contributed by atoms with Crippen molar-refractivity contribution >= 4 is 23.4 Å². The number of benzene rings is 2. The largest absolute Gasteiger partial charge is 0.497 e. The van der Waals surface area contributed by atoms with Crippen molar-refractivity contribution in [1.82, 2.24) is 0 Å². The summed E-state index contributed by atoms with van der Waals surface area (Å²) in [6.07, 6.45) is 3.43. The molecule has 0 heterocycles. The van der Waals surface area contributed by atoms with Crippen LogP contribution < -0.4 is 4.74 Å². The predicted octanol–water partition coefficient (Wildman–Crippen LogP) is 5.97. The van der Waals surface area contributed by atoms with Crippen LogP contribution in [0.3, 0.4) is 0 Å². The molecule has 0 saturated heterocycles. The number of hydrogen-bond acceptors (Lipinski definition) is 3. The molecule has 1 aliphatic carbocycles. The molecule has 25 heavy (non-hydrogen) atoms. The normalized spacial score (nSPS) is 20.0. The molecule has 2 aromatic rings. The fourth-order valence-electron chi connectivity index (χ4n) is 3.10. The molecule has 5 heteroatoms. The van der Waals surface area contributed by atoms with Crippen LogP contribution in [-0.4, -0.2) is 19.0 Å². The maximum atomic E-state index is 13.1. The molecule has 0 aromatic heterocycles. The van der Waals surface area contributed by atoms with E-state index in [4.69, 9.17) is 21.1 Å². The van der Waals surface area contributed by atoms with Crippen molar-refractivity contribution in [3.05, 3.63) is 58.9 Å². The van der Waals surface area contributed by atoms with Gasteiger partial charge in [-0.25, -0.2) is 4.39 Å². The van der Waals surface area contributed by atoms with E-state index in [1.807, 2.05) is 24.3 Å². The van der Waals surface area contributed by atoms with Crippen molar-refractivity contribution < 1.29 is 13.9 Å². The molecule has 2 unspecified atom stereocenters. The molecule has 2 aromatic carbocycles. The van der Waals surface area contributed by atoms with Gasteiger partial charge in [0.25, 0.3) is 0 Å². The Hall–Kier alpha value is -1.23. The van der Waals surface area contributed by atoms with Crippen LogP contribution in [0.25, 0.3) is 0 Å². The lowest BCUT2D eigenvalue weighted by molar-refractivity contribution is 0.0890.